The third-order valence-corrected chi connectivity index (χ3v) is 5.17. The Kier molecular flexibility index (Phi) is 4.94. The minimum Gasteiger partial charge on any atom is -0.379 e. The number of ether oxygens (including phenoxy) is 1. The number of rotatable bonds is 5. The molecular formula is C18H25N5O2. The van der Waals surface area contributed by atoms with Crippen molar-refractivity contribution in [2.24, 2.45) is 0 Å². The van der Waals surface area contributed by atoms with Gasteiger partial charge in [0.05, 0.1) is 25.1 Å². The normalized spacial score (nSPS) is 21.7. The van der Waals surface area contributed by atoms with Crippen LogP contribution in [-0.4, -0.2) is 52.8 Å². The van der Waals surface area contributed by atoms with Crippen LogP contribution in [-0.2, 0) is 4.74 Å². The molecule has 4 rings (SSSR count). The Morgan fingerprint density at radius 3 is 3.04 bits per heavy atom. The molecule has 1 saturated heterocycles. The summed E-state index contributed by atoms with van der Waals surface area (Å²) < 4.78 is 7.59. The fraction of sp³-hybridized carbons (Fsp3) is 0.611. The van der Waals surface area contributed by atoms with E-state index in [1.54, 1.807) is 6.20 Å². The van der Waals surface area contributed by atoms with Gasteiger partial charge in [-0.15, -0.1) is 0 Å². The molecule has 3 heterocycles. The number of amides is 1. The largest absolute Gasteiger partial charge is 0.379 e. The molecule has 2 aromatic rings. The number of carbonyl (C=O) groups excluding carboxylic acids is 1. The molecule has 25 heavy (non-hydrogen) atoms. The quantitative estimate of drug-likeness (QED) is 0.863. The summed E-state index contributed by atoms with van der Waals surface area (Å²) in [6, 6.07) is 2.66. The lowest BCUT2D eigenvalue weighted by Crippen LogP contribution is -2.43. The summed E-state index contributed by atoms with van der Waals surface area (Å²) in [7, 11) is 0. The van der Waals surface area contributed by atoms with E-state index in [0.717, 1.165) is 30.7 Å². The van der Waals surface area contributed by atoms with Crippen LogP contribution in [0.4, 0.5) is 0 Å². The summed E-state index contributed by atoms with van der Waals surface area (Å²) in [5.74, 6) is -0.0958. The summed E-state index contributed by atoms with van der Waals surface area (Å²) in [5, 5.41) is 6.35. The fourth-order valence-electron chi connectivity index (χ4n) is 3.76. The van der Waals surface area contributed by atoms with Gasteiger partial charge in [0, 0.05) is 31.4 Å². The molecule has 2 N–H and O–H groups in total. The molecule has 0 spiro atoms. The number of carbonyl (C=O) groups is 1. The molecule has 1 saturated carbocycles. The van der Waals surface area contributed by atoms with Gasteiger partial charge in [0.25, 0.3) is 5.91 Å². The Labute approximate surface area is 147 Å². The maximum atomic E-state index is 12.4. The van der Waals surface area contributed by atoms with E-state index in [4.69, 9.17) is 4.74 Å². The van der Waals surface area contributed by atoms with E-state index in [-0.39, 0.29) is 5.91 Å². The van der Waals surface area contributed by atoms with Gasteiger partial charge in [-0.25, -0.2) is 9.97 Å². The SMILES string of the molecule is O=C(NCCC1COCCN1)c1cnc2c(c1)ncn2C1CCCC1. The van der Waals surface area contributed by atoms with Crippen LogP contribution in [0.3, 0.4) is 0 Å². The van der Waals surface area contributed by atoms with Gasteiger partial charge >= 0.3 is 0 Å². The van der Waals surface area contributed by atoms with E-state index in [9.17, 15) is 4.79 Å². The summed E-state index contributed by atoms with van der Waals surface area (Å²) in [5.41, 5.74) is 2.24. The van der Waals surface area contributed by atoms with Gasteiger partial charge in [-0.2, -0.15) is 0 Å². The molecule has 134 valence electrons. The predicted octanol–water partition coefficient (Wildman–Crippen LogP) is 1.65. The summed E-state index contributed by atoms with van der Waals surface area (Å²) >= 11 is 0. The molecule has 0 aromatic carbocycles. The molecular weight excluding hydrogens is 318 g/mol. The lowest BCUT2D eigenvalue weighted by atomic mass is 10.2. The van der Waals surface area contributed by atoms with Gasteiger partial charge in [-0.05, 0) is 25.3 Å². The van der Waals surface area contributed by atoms with E-state index < -0.39 is 0 Å². The van der Waals surface area contributed by atoms with Gasteiger partial charge in [0.15, 0.2) is 5.65 Å². The van der Waals surface area contributed by atoms with E-state index in [1.165, 1.54) is 25.7 Å². The van der Waals surface area contributed by atoms with Crippen molar-refractivity contribution in [1.29, 1.82) is 0 Å². The first-order valence-electron chi connectivity index (χ1n) is 9.23. The van der Waals surface area contributed by atoms with Crippen molar-refractivity contribution in [1.82, 2.24) is 25.2 Å². The Morgan fingerprint density at radius 2 is 2.24 bits per heavy atom. The molecule has 7 heteroatoms. The number of aromatic nitrogens is 3. The maximum Gasteiger partial charge on any atom is 0.252 e. The standard InChI is InChI=1S/C18H25N5O2/c24-18(20-6-5-14-11-25-8-7-19-14)13-9-16-17(21-10-13)23(12-22-16)15-3-1-2-4-15/h9-10,12,14-15,19H,1-8,11H2,(H,20,24). The molecule has 2 aliphatic rings. The van der Waals surface area contributed by atoms with E-state index in [2.05, 4.69) is 25.2 Å². The molecule has 0 radical (unpaired) electrons. The van der Waals surface area contributed by atoms with Gasteiger partial charge in [-0.1, -0.05) is 12.8 Å². The van der Waals surface area contributed by atoms with Crippen molar-refractivity contribution >= 4 is 17.1 Å². The highest BCUT2D eigenvalue weighted by Crippen LogP contribution is 2.31. The van der Waals surface area contributed by atoms with Gasteiger partial charge in [0.2, 0.25) is 0 Å². The topological polar surface area (TPSA) is 81.1 Å². The van der Waals surface area contributed by atoms with Gasteiger partial charge < -0.3 is 19.9 Å². The molecule has 1 aliphatic carbocycles. The minimum atomic E-state index is -0.0958. The smallest absolute Gasteiger partial charge is 0.252 e. The molecule has 0 bridgehead atoms. The predicted molar refractivity (Wildman–Crippen MR) is 94.6 cm³/mol. The summed E-state index contributed by atoms with van der Waals surface area (Å²) in [4.78, 5) is 21.3. The highest BCUT2D eigenvalue weighted by Gasteiger charge is 2.20. The zero-order valence-corrected chi connectivity index (χ0v) is 14.4. The molecule has 1 amide bonds. The molecule has 1 atom stereocenters. The number of hydrogen-bond acceptors (Lipinski definition) is 5. The van der Waals surface area contributed by atoms with Crippen LogP contribution in [0.15, 0.2) is 18.6 Å². The Bertz CT molecular complexity index is 732. The van der Waals surface area contributed by atoms with Crippen LogP contribution in [0.2, 0.25) is 0 Å². The average molecular weight is 343 g/mol. The molecule has 2 fully saturated rings. The number of nitrogens with zero attached hydrogens (tertiary/aromatic N) is 3. The third kappa shape index (κ3) is 3.67. The zero-order chi connectivity index (χ0) is 17.1. The molecule has 7 nitrogen and oxygen atoms in total. The first-order valence-corrected chi connectivity index (χ1v) is 9.23. The van der Waals surface area contributed by atoms with Gasteiger partial charge in [0.1, 0.15) is 5.52 Å². The number of fused-ring (bicyclic) bond motifs is 1. The summed E-state index contributed by atoms with van der Waals surface area (Å²) in [6.45, 7) is 2.97. The molecule has 1 unspecified atom stereocenters. The fourth-order valence-corrected chi connectivity index (χ4v) is 3.76. The third-order valence-electron chi connectivity index (χ3n) is 5.17. The minimum absolute atomic E-state index is 0.0958. The van der Waals surface area contributed by atoms with Crippen molar-refractivity contribution < 1.29 is 9.53 Å². The van der Waals surface area contributed by atoms with Crippen LogP contribution >= 0.6 is 0 Å². The number of morpholine rings is 1. The second-order valence-corrected chi connectivity index (χ2v) is 6.93. The highest BCUT2D eigenvalue weighted by atomic mass is 16.5. The molecule has 2 aromatic heterocycles. The second kappa shape index (κ2) is 7.49. The second-order valence-electron chi connectivity index (χ2n) is 6.93. The lowest BCUT2D eigenvalue weighted by Gasteiger charge is -2.23. The number of imidazole rings is 1. The summed E-state index contributed by atoms with van der Waals surface area (Å²) in [6.07, 6.45) is 9.30. The van der Waals surface area contributed by atoms with E-state index >= 15 is 0 Å². The Morgan fingerprint density at radius 1 is 1.36 bits per heavy atom. The zero-order valence-electron chi connectivity index (χ0n) is 14.4. The molecule has 1 aliphatic heterocycles. The Hall–Kier alpha value is -1.99. The average Bonchev–Trinajstić information content (AvgIpc) is 3.31. The lowest BCUT2D eigenvalue weighted by molar-refractivity contribution is 0.0733. The van der Waals surface area contributed by atoms with Crippen molar-refractivity contribution in [3.05, 3.63) is 24.2 Å². The van der Waals surface area contributed by atoms with Crippen LogP contribution in [0.1, 0.15) is 48.5 Å². The van der Waals surface area contributed by atoms with E-state index in [0.29, 0.717) is 30.8 Å². The monoisotopic (exact) mass is 343 g/mol. The first kappa shape index (κ1) is 16.5. The first-order chi connectivity index (χ1) is 12.3. The van der Waals surface area contributed by atoms with Crippen molar-refractivity contribution in [2.75, 3.05) is 26.3 Å². The Balaban J connectivity index is 1.38. The van der Waals surface area contributed by atoms with Crippen LogP contribution < -0.4 is 10.6 Å². The number of pyridine rings is 1. The maximum absolute atomic E-state index is 12.4. The van der Waals surface area contributed by atoms with Crippen LogP contribution in [0.25, 0.3) is 11.2 Å². The van der Waals surface area contributed by atoms with Crippen molar-refractivity contribution in [2.45, 2.75) is 44.2 Å². The van der Waals surface area contributed by atoms with E-state index in [1.807, 2.05) is 12.4 Å². The van der Waals surface area contributed by atoms with Crippen molar-refractivity contribution in [3.63, 3.8) is 0 Å². The number of nitrogens with one attached hydrogen (secondary N) is 2. The number of hydrogen-bond donors (Lipinski definition) is 2. The highest BCUT2D eigenvalue weighted by molar-refractivity contribution is 5.96. The van der Waals surface area contributed by atoms with Crippen LogP contribution in [0.5, 0.6) is 0 Å². The van der Waals surface area contributed by atoms with Crippen molar-refractivity contribution in [3.8, 4) is 0 Å². The van der Waals surface area contributed by atoms with Gasteiger partial charge in [-0.3, -0.25) is 4.79 Å². The van der Waals surface area contributed by atoms with Crippen LogP contribution in [0, 0.1) is 0 Å².